The van der Waals surface area contributed by atoms with Gasteiger partial charge in [-0.15, -0.1) is 0 Å². The first-order chi connectivity index (χ1) is 14.1. The van der Waals surface area contributed by atoms with Crippen LogP contribution in [-0.4, -0.2) is 45.1 Å². The molecule has 8 nitrogen and oxygen atoms in total. The van der Waals surface area contributed by atoms with Gasteiger partial charge in [0.05, 0.1) is 24.7 Å². The highest BCUT2D eigenvalue weighted by atomic mass is 16.5. The summed E-state index contributed by atoms with van der Waals surface area (Å²) in [5.41, 5.74) is 0.750. The van der Waals surface area contributed by atoms with E-state index in [-0.39, 0.29) is 22.4 Å². The van der Waals surface area contributed by atoms with Crippen molar-refractivity contribution in [2.45, 2.75) is 45.6 Å². The second-order valence-corrected chi connectivity index (χ2v) is 8.95. The average Bonchev–Trinajstić information content (AvgIpc) is 2.70. The van der Waals surface area contributed by atoms with Gasteiger partial charge in [0, 0.05) is 50.4 Å². The molecule has 30 heavy (non-hydrogen) atoms. The topological polar surface area (TPSA) is 86.4 Å². The van der Waals surface area contributed by atoms with Crippen LogP contribution in [0.3, 0.4) is 0 Å². The predicted molar refractivity (Wildman–Crippen MR) is 114 cm³/mol. The van der Waals surface area contributed by atoms with Crippen molar-refractivity contribution in [1.82, 2.24) is 19.0 Å². The van der Waals surface area contributed by atoms with E-state index in [9.17, 15) is 14.4 Å². The van der Waals surface area contributed by atoms with Crippen LogP contribution in [0, 0.1) is 5.92 Å². The Hall–Kier alpha value is -2.90. The lowest BCUT2D eigenvalue weighted by atomic mass is 9.92. The van der Waals surface area contributed by atoms with Crippen molar-refractivity contribution in [2.75, 3.05) is 20.2 Å². The smallest absolute Gasteiger partial charge is 0.259 e. The SMILES string of the molecule is COc1cc(=O)n(C)cc1C(=O)N1CCC(Cn2cnc(C(C)(C)C)cc2=O)CC1. The molecule has 1 aliphatic rings. The first kappa shape index (κ1) is 21.8. The van der Waals surface area contributed by atoms with Gasteiger partial charge in [-0.3, -0.25) is 19.0 Å². The molecule has 0 saturated carbocycles. The van der Waals surface area contributed by atoms with Gasteiger partial charge >= 0.3 is 0 Å². The number of ether oxygens (including phenoxy) is 1. The third-order valence-electron chi connectivity index (χ3n) is 5.65. The third kappa shape index (κ3) is 4.63. The normalized spacial score (nSPS) is 15.3. The lowest BCUT2D eigenvalue weighted by Gasteiger charge is -2.32. The lowest BCUT2D eigenvalue weighted by molar-refractivity contribution is 0.0678. The summed E-state index contributed by atoms with van der Waals surface area (Å²) in [5.74, 6) is 0.451. The molecule has 0 atom stereocenters. The number of rotatable bonds is 4. The summed E-state index contributed by atoms with van der Waals surface area (Å²) in [6.07, 6.45) is 4.76. The molecule has 0 N–H and O–H groups in total. The standard InChI is InChI=1S/C22H30N4O4/c1-22(2,3)18-11-20(28)26(14-23-18)12-15-6-8-25(9-7-15)21(29)16-13-24(4)19(27)10-17(16)30-5/h10-11,13-15H,6-9,12H2,1-5H3. The van der Waals surface area contributed by atoms with Crippen molar-refractivity contribution in [3.8, 4) is 5.75 Å². The van der Waals surface area contributed by atoms with Crippen LogP contribution in [0.15, 0.2) is 34.2 Å². The van der Waals surface area contributed by atoms with Crippen LogP contribution in [0.25, 0.3) is 0 Å². The number of hydrogen-bond acceptors (Lipinski definition) is 5. The average molecular weight is 415 g/mol. The van der Waals surface area contributed by atoms with Gasteiger partial charge in [-0.2, -0.15) is 0 Å². The Bertz CT molecular complexity index is 1040. The van der Waals surface area contributed by atoms with E-state index in [0.29, 0.717) is 36.9 Å². The van der Waals surface area contributed by atoms with E-state index in [1.54, 1.807) is 28.9 Å². The van der Waals surface area contributed by atoms with Crippen LogP contribution in [0.5, 0.6) is 5.75 Å². The van der Waals surface area contributed by atoms with E-state index in [4.69, 9.17) is 4.74 Å². The molecule has 1 fully saturated rings. The highest BCUT2D eigenvalue weighted by molar-refractivity contribution is 5.96. The van der Waals surface area contributed by atoms with Crippen LogP contribution >= 0.6 is 0 Å². The number of aromatic nitrogens is 3. The Kier molecular flexibility index (Phi) is 6.14. The highest BCUT2D eigenvalue weighted by Crippen LogP contribution is 2.24. The summed E-state index contributed by atoms with van der Waals surface area (Å²) >= 11 is 0. The molecule has 1 amide bonds. The van der Waals surface area contributed by atoms with E-state index in [1.807, 2.05) is 20.8 Å². The Morgan fingerprint density at radius 3 is 2.40 bits per heavy atom. The van der Waals surface area contributed by atoms with Crippen LogP contribution in [0.2, 0.25) is 0 Å². The summed E-state index contributed by atoms with van der Waals surface area (Å²) in [5, 5.41) is 0. The zero-order chi connectivity index (χ0) is 22.1. The maximum Gasteiger partial charge on any atom is 0.259 e. The predicted octanol–water partition coefficient (Wildman–Crippen LogP) is 1.80. The molecule has 1 aliphatic heterocycles. The maximum atomic E-state index is 13.0. The zero-order valence-corrected chi connectivity index (χ0v) is 18.3. The fraction of sp³-hybridized carbons (Fsp3) is 0.545. The van der Waals surface area contributed by atoms with Crippen molar-refractivity contribution in [1.29, 1.82) is 0 Å². The zero-order valence-electron chi connectivity index (χ0n) is 18.3. The summed E-state index contributed by atoms with van der Waals surface area (Å²) < 4.78 is 8.27. The number of aryl methyl sites for hydroxylation is 1. The second kappa shape index (κ2) is 8.45. The van der Waals surface area contributed by atoms with E-state index in [1.165, 1.54) is 23.9 Å². The molecule has 0 aromatic carbocycles. The van der Waals surface area contributed by atoms with Crippen LogP contribution in [-0.2, 0) is 19.0 Å². The van der Waals surface area contributed by atoms with Crippen molar-refractivity contribution in [3.05, 3.63) is 56.6 Å². The second-order valence-electron chi connectivity index (χ2n) is 8.95. The molecular weight excluding hydrogens is 384 g/mol. The summed E-state index contributed by atoms with van der Waals surface area (Å²) in [4.78, 5) is 43.4. The van der Waals surface area contributed by atoms with Gasteiger partial charge in [0.1, 0.15) is 5.75 Å². The summed E-state index contributed by atoms with van der Waals surface area (Å²) in [6, 6.07) is 2.95. The van der Waals surface area contributed by atoms with Gasteiger partial charge in [-0.1, -0.05) is 20.8 Å². The molecule has 0 bridgehead atoms. The third-order valence-corrected chi connectivity index (χ3v) is 5.65. The molecule has 3 heterocycles. The molecule has 3 rings (SSSR count). The molecule has 1 saturated heterocycles. The number of piperidine rings is 1. The fourth-order valence-corrected chi connectivity index (χ4v) is 3.68. The minimum Gasteiger partial charge on any atom is -0.496 e. The number of likely N-dealkylation sites (tertiary alicyclic amines) is 1. The van der Waals surface area contributed by atoms with Crippen molar-refractivity contribution < 1.29 is 9.53 Å². The quantitative estimate of drug-likeness (QED) is 0.762. The lowest BCUT2D eigenvalue weighted by Crippen LogP contribution is -2.40. The first-order valence-corrected chi connectivity index (χ1v) is 10.2. The Morgan fingerprint density at radius 1 is 1.17 bits per heavy atom. The van der Waals surface area contributed by atoms with Crippen LogP contribution in [0.4, 0.5) is 0 Å². The van der Waals surface area contributed by atoms with Crippen molar-refractivity contribution in [3.63, 3.8) is 0 Å². The molecule has 0 aliphatic carbocycles. The number of carbonyl (C=O) groups is 1. The van der Waals surface area contributed by atoms with E-state index < -0.39 is 0 Å². The highest BCUT2D eigenvalue weighted by Gasteiger charge is 2.26. The first-order valence-electron chi connectivity index (χ1n) is 10.2. The fourth-order valence-electron chi connectivity index (χ4n) is 3.68. The van der Waals surface area contributed by atoms with Gasteiger partial charge in [0.2, 0.25) is 0 Å². The van der Waals surface area contributed by atoms with E-state index in [0.717, 1.165) is 18.5 Å². The molecule has 0 unspecified atom stereocenters. The largest absolute Gasteiger partial charge is 0.496 e. The Morgan fingerprint density at radius 2 is 1.83 bits per heavy atom. The van der Waals surface area contributed by atoms with Crippen LogP contribution in [0.1, 0.15) is 49.7 Å². The van der Waals surface area contributed by atoms with Gasteiger partial charge in [-0.05, 0) is 18.8 Å². The molecule has 8 heteroatoms. The molecule has 162 valence electrons. The Balaban J connectivity index is 1.66. The Labute approximate surface area is 176 Å². The van der Waals surface area contributed by atoms with Crippen LogP contribution < -0.4 is 15.9 Å². The number of nitrogens with zero attached hydrogens (tertiary/aromatic N) is 4. The molecule has 2 aromatic heterocycles. The molecule has 2 aromatic rings. The minimum atomic E-state index is -0.223. The van der Waals surface area contributed by atoms with E-state index in [2.05, 4.69) is 4.98 Å². The molecule has 0 radical (unpaired) electrons. The van der Waals surface area contributed by atoms with Gasteiger partial charge in [0.25, 0.3) is 17.0 Å². The number of pyridine rings is 1. The number of carbonyl (C=O) groups excluding carboxylic acids is 1. The maximum absolute atomic E-state index is 13.0. The minimum absolute atomic E-state index is 0.0385. The van der Waals surface area contributed by atoms with Crippen molar-refractivity contribution in [2.24, 2.45) is 13.0 Å². The molecular formula is C22H30N4O4. The van der Waals surface area contributed by atoms with Gasteiger partial charge < -0.3 is 14.2 Å². The van der Waals surface area contributed by atoms with Gasteiger partial charge in [0.15, 0.2) is 0 Å². The number of hydrogen-bond donors (Lipinski definition) is 0. The monoisotopic (exact) mass is 414 g/mol. The summed E-state index contributed by atoms with van der Waals surface area (Å²) in [6.45, 7) is 7.89. The number of amides is 1. The molecule has 0 spiro atoms. The van der Waals surface area contributed by atoms with Crippen molar-refractivity contribution >= 4 is 5.91 Å². The van der Waals surface area contributed by atoms with Gasteiger partial charge in [-0.25, -0.2) is 4.98 Å². The summed E-state index contributed by atoms with van der Waals surface area (Å²) in [7, 11) is 3.07. The number of methoxy groups -OCH3 is 1. The van der Waals surface area contributed by atoms with E-state index >= 15 is 0 Å².